The highest BCUT2D eigenvalue weighted by atomic mass is 32.1. The van der Waals surface area contributed by atoms with E-state index >= 15 is 0 Å². The van der Waals surface area contributed by atoms with Crippen LogP contribution in [0.2, 0.25) is 0 Å². The van der Waals surface area contributed by atoms with Crippen molar-refractivity contribution in [2.45, 2.75) is 6.42 Å². The fraction of sp³-hybridized carbons (Fsp3) is 0.0909. The molecule has 0 spiro atoms. The molecule has 1 aromatic carbocycles. The minimum Gasteiger partial charge on any atom is -0.364 e. The van der Waals surface area contributed by atoms with Crippen LogP contribution in [0.3, 0.4) is 0 Å². The molecule has 0 bridgehead atoms. The first kappa shape index (κ1) is 19.4. The summed E-state index contributed by atoms with van der Waals surface area (Å²) < 4.78 is 2.72. The zero-order valence-electron chi connectivity index (χ0n) is 16.2. The number of nitrogens with one attached hydrogen (secondary N) is 1. The molecule has 0 unspecified atom stereocenters. The number of imidazole rings is 1. The van der Waals surface area contributed by atoms with Crippen LogP contribution in [0.4, 0.5) is 0 Å². The molecule has 0 aliphatic rings. The van der Waals surface area contributed by atoms with Gasteiger partial charge in [0.1, 0.15) is 11.4 Å². The Kier molecular flexibility index (Phi) is 4.97. The van der Waals surface area contributed by atoms with Gasteiger partial charge >= 0.3 is 0 Å². The average Bonchev–Trinajstić information content (AvgIpc) is 3.51. The number of carbonyl (C=O) groups is 2. The Labute approximate surface area is 185 Å². The lowest BCUT2D eigenvalue weighted by atomic mass is 10.1. The van der Waals surface area contributed by atoms with Crippen molar-refractivity contribution in [3.05, 3.63) is 75.7 Å². The first-order chi connectivity index (χ1) is 15.1. The molecular weight excluding hydrogens is 430 g/mol. The second-order valence-corrected chi connectivity index (χ2v) is 8.63. The van der Waals surface area contributed by atoms with E-state index in [0.29, 0.717) is 29.9 Å². The standard InChI is InChI=1S/C22H17N5O2S2/c23-20(28)19-18(14-6-9-30-11-14)26-21-15(2-1-8-27(19)21)22(29)24-7-5-13-3-4-16-17(10-13)31-12-25-16/h1-4,6,8-12H,5,7H2,(H2,23,28)(H,24,29). The molecule has 0 saturated heterocycles. The van der Waals surface area contributed by atoms with Crippen LogP contribution in [0.15, 0.2) is 58.9 Å². The zero-order chi connectivity index (χ0) is 21.4. The molecule has 0 aliphatic carbocycles. The lowest BCUT2D eigenvalue weighted by Gasteiger charge is -2.07. The second-order valence-electron chi connectivity index (χ2n) is 6.96. The molecule has 2 amide bonds. The molecule has 5 aromatic rings. The Morgan fingerprint density at radius 1 is 1.19 bits per heavy atom. The Balaban J connectivity index is 1.40. The van der Waals surface area contributed by atoms with Crippen LogP contribution < -0.4 is 11.1 Å². The summed E-state index contributed by atoms with van der Waals surface area (Å²) in [6, 6.07) is 11.4. The number of hydrogen-bond donors (Lipinski definition) is 2. The first-order valence-electron chi connectivity index (χ1n) is 9.55. The number of thiazole rings is 1. The van der Waals surface area contributed by atoms with E-state index < -0.39 is 5.91 Å². The van der Waals surface area contributed by atoms with Gasteiger partial charge in [-0.15, -0.1) is 11.3 Å². The van der Waals surface area contributed by atoms with Gasteiger partial charge in [0.05, 0.1) is 21.3 Å². The van der Waals surface area contributed by atoms with Gasteiger partial charge in [0.15, 0.2) is 5.65 Å². The molecule has 0 fully saturated rings. The number of primary amides is 1. The van der Waals surface area contributed by atoms with Crippen LogP contribution in [-0.4, -0.2) is 32.7 Å². The lowest BCUT2D eigenvalue weighted by Crippen LogP contribution is -2.26. The van der Waals surface area contributed by atoms with Crippen molar-refractivity contribution in [3.63, 3.8) is 0 Å². The monoisotopic (exact) mass is 447 g/mol. The Hall–Kier alpha value is -3.56. The van der Waals surface area contributed by atoms with Gasteiger partial charge < -0.3 is 11.1 Å². The van der Waals surface area contributed by atoms with Crippen LogP contribution in [0.25, 0.3) is 27.1 Å². The maximum atomic E-state index is 12.9. The number of fused-ring (bicyclic) bond motifs is 2. The maximum Gasteiger partial charge on any atom is 0.268 e. The minimum atomic E-state index is -0.593. The number of carbonyl (C=O) groups excluding carboxylic acids is 2. The van der Waals surface area contributed by atoms with E-state index in [0.717, 1.165) is 21.3 Å². The molecular formula is C22H17N5O2S2. The van der Waals surface area contributed by atoms with Crippen molar-refractivity contribution in [2.75, 3.05) is 6.54 Å². The van der Waals surface area contributed by atoms with Crippen LogP contribution >= 0.6 is 22.7 Å². The summed E-state index contributed by atoms with van der Waals surface area (Å²) in [7, 11) is 0. The van der Waals surface area contributed by atoms with Gasteiger partial charge in [0.2, 0.25) is 0 Å². The summed E-state index contributed by atoms with van der Waals surface area (Å²) in [4.78, 5) is 33.9. The van der Waals surface area contributed by atoms with E-state index in [-0.39, 0.29) is 11.6 Å². The van der Waals surface area contributed by atoms with Crippen molar-refractivity contribution in [2.24, 2.45) is 5.73 Å². The molecule has 4 aromatic heterocycles. The summed E-state index contributed by atoms with van der Waals surface area (Å²) in [6.07, 6.45) is 2.39. The molecule has 9 heteroatoms. The van der Waals surface area contributed by atoms with Crippen molar-refractivity contribution in [1.29, 1.82) is 0 Å². The summed E-state index contributed by atoms with van der Waals surface area (Å²) in [5.41, 5.74) is 11.9. The molecule has 0 saturated carbocycles. The van der Waals surface area contributed by atoms with E-state index in [1.165, 1.54) is 11.3 Å². The predicted molar refractivity (Wildman–Crippen MR) is 123 cm³/mol. The van der Waals surface area contributed by atoms with Gasteiger partial charge in [0, 0.05) is 23.7 Å². The van der Waals surface area contributed by atoms with Crippen LogP contribution in [0.5, 0.6) is 0 Å². The summed E-state index contributed by atoms with van der Waals surface area (Å²) in [5.74, 6) is -0.841. The zero-order valence-corrected chi connectivity index (χ0v) is 17.9. The summed E-state index contributed by atoms with van der Waals surface area (Å²) >= 11 is 3.10. The van der Waals surface area contributed by atoms with Gasteiger partial charge in [-0.3, -0.25) is 14.0 Å². The number of nitrogens with two attached hydrogens (primary N) is 1. The number of aromatic nitrogens is 3. The number of amides is 2. The van der Waals surface area contributed by atoms with E-state index in [4.69, 9.17) is 5.73 Å². The third-order valence-corrected chi connectivity index (χ3v) is 6.49. The van der Waals surface area contributed by atoms with Crippen molar-refractivity contribution < 1.29 is 9.59 Å². The van der Waals surface area contributed by atoms with E-state index in [9.17, 15) is 9.59 Å². The molecule has 0 aliphatic heterocycles. The molecule has 4 heterocycles. The maximum absolute atomic E-state index is 12.9. The van der Waals surface area contributed by atoms with E-state index in [1.807, 2.05) is 34.5 Å². The topological polar surface area (TPSA) is 102 Å². The van der Waals surface area contributed by atoms with Crippen molar-refractivity contribution in [3.8, 4) is 11.3 Å². The van der Waals surface area contributed by atoms with Crippen molar-refractivity contribution in [1.82, 2.24) is 19.7 Å². The highest BCUT2D eigenvalue weighted by Gasteiger charge is 2.22. The number of hydrogen-bond acceptors (Lipinski definition) is 6. The predicted octanol–water partition coefficient (Wildman–Crippen LogP) is 3.74. The largest absolute Gasteiger partial charge is 0.364 e. The number of pyridine rings is 1. The highest BCUT2D eigenvalue weighted by molar-refractivity contribution is 7.16. The molecule has 154 valence electrons. The minimum absolute atomic E-state index is 0.248. The second kappa shape index (κ2) is 7.93. The SMILES string of the molecule is NC(=O)c1c(-c2ccsc2)nc2c(C(=O)NCCc3ccc4ncsc4c3)cccn12. The number of nitrogens with zero attached hydrogens (tertiary/aromatic N) is 3. The molecule has 0 atom stereocenters. The molecule has 31 heavy (non-hydrogen) atoms. The fourth-order valence-electron chi connectivity index (χ4n) is 3.55. The number of rotatable bonds is 6. The Morgan fingerprint density at radius 3 is 2.90 bits per heavy atom. The molecule has 5 rings (SSSR count). The third-order valence-electron chi connectivity index (χ3n) is 5.02. The van der Waals surface area contributed by atoms with E-state index in [2.05, 4.69) is 21.4 Å². The molecule has 7 nitrogen and oxygen atoms in total. The third kappa shape index (κ3) is 3.58. The first-order valence-corrected chi connectivity index (χ1v) is 11.4. The Bertz CT molecular complexity index is 1420. The Morgan fingerprint density at radius 2 is 2.10 bits per heavy atom. The van der Waals surface area contributed by atoms with Crippen LogP contribution in [0.1, 0.15) is 26.4 Å². The van der Waals surface area contributed by atoms with Crippen LogP contribution in [-0.2, 0) is 6.42 Å². The fourth-order valence-corrected chi connectivity index (χ4v) is 4.93. The number of thiophene rings is 1. The molecule has 3 N–H and O–H groups in total. The highest BCUT2D eigenvalue weighted by Crippen LogP contribution is 2.27. The van der Waals surface area contributed by atoms with Gasteiger partial charge in [-0.2, -0.15) is 11.3 Å². The van der Waals surface area contributed by atoms with Gasteiger partial charge in [-0.05, 0) is 47.7 Å². The smallest absolute Gasteiger partial charge is 0.268 e. The summed E-state index contributed by atoms with van der Waals surface area (Å²) in [6.45, 7) is 0.477. The van der Waals surface area contributed by atoms with Crippen LogP contribution in [0, 0.1) is 0 Å². The number of benzene rings is 1. The van der Waals surface area contributed by atoms with Gasteiger partial charge in [-0.25, -0.2) is 9.97 Å². The van der Waals surface area contributed by atoms with Gasteiger partial charge in [0.25, 0.3) is 11.8 Å². The normalized spacial score (nSPS) is 11.2. The summed E-state index contributed by atoms with van der Waals surface area (Å²) in [5, 5.41) is 6.76. The molecule has 0 radical (unpaired) electrons. The average molecular weight is 448 g/mol. The quantitative estimate of drug-likeness (QED) is 0.414. The van der Waals surface area contributed by atoms with Crippen molar-refractivity contribution >= 4 is 50.4 Å². The lowest BCUT2D eigenvalue weighted by molar-refractivity contribution is 0.0952. The van der Waals surface area contributed by atoms with Gasteiger partial charge in [-0.1, -0.05) is 6.07 Å². The van der Waals surface area contributed by atoms with E-state index in [1.54, 1.807) is 34.1 Å².